The molecule has 0 aliphatic rings. The van der Waals surface area contributed by atoms with Gasteiger partial charge in [-0.3, -0.25) is 4.79 Å². The van der Waals surface area contributed by atoms with Gasteiger partial charge in [0.15, 0.2) is 0 Å². The number of nitrogens with one attached hydrogen (secondary N) is 1. The number of hydrogen-bond acceptors (Lipinski definition) is 4. The van der Waals surface area contributed by atoms with Crippen molar-refractivity contribution in [1.82, 2.24) is 20.1 Å². The van der Waals surface area contributed by atoms with Crippen LogP contribution in [0, 0.1) is 0 Å². The highest BCUT2D eigenvalue weighted by atomic mass is 16.3. The van der Waals surface area contributed by atoms with Gasteiger partial charge >= 0.3 is 0 Å². The predicted molar refractivity (Wildman–Crippen MR) is 64.8 cm³/mol. The van der Waals surface area contributed by atoms with E-state index in [2.05, 4.69) is 15.4 Å². The normalized spacial score (nSPS) is 10.2. The molecule has 0 saturated carbocycles. The van der Waals surface area contributed by atoms with Gasteiger partial charge in [0.1, 0.15) is 24.9 Å². The van der Waals surface area contributed by atoms with Crippen LogP contribution in [0.1, 0.15) is 5.56 Å². The SMILES string of the molecule is O=C(Cn1cncn1)NCCc1ccc(O)cc1. The first-order chi connectivity index (χ1) is 8.74. The highest BCUT2D eigenvalue weighted by Gasteiger charge is 2.02. The number of phenols is 1. The highest BCUT2D eigenvalue weighted by Crippen LogP contribution is 2.09. The molecule has 0 saturated heterocycles. The number of hydrogen-bond donors (Lipinski definition) is 2. The largest absolute Gasteiger partial charge is 0.508 e. The van der Waals surface area contributed by atoms with Crippen molar-refractivity contribution in [3.05, 3.63) is 42.5 Å². The molecule has 0 bridgehead atoms. The number of carbonyl (C=O) groups excluding carboxylic acids is 1. The Morgan fingerprint density at radius 2 is 2.11 bits per heavy atom. The summed E-state index contributed by atoms with van der Waals surface area (Å²) in [5, 5.41) is 15.8. The standard InChI is InChI=1S/C12H14N4O2/c17-11-3-1-10(2-4-11)5-6-14-12(18)7-16-9-13-8-15-16/h1-4,8-9,17H,5-7H2,(H,14,18). The average molecular weight is 246 g/mol. The Bertz CT molecular complexity index is 493. The molecule has 1 aromatic carbocycles. The molecular formula is C12H14N4O2. The van der Waals surface area contributed by atoms with Gasteiger partial charge in [0.25, 0.3) is 0 Å². The molecule has 1 heterocycles. The van der Waals surface area contributed by atoms with Crippen molar-refractivity contribution in [3.8, 4) is 5.75 Å². The van der Waals surface area contributed by atoms with Crippen molar-refractivity contribution >= 4 is 5.91 Å². The van der Waals surface area contributed by atoms with Crippen LogP contribution in [0.5, 0.6) is 5.75 Å². The van der Waals surface area contributed by atoms with E-state index in [0.717, 1.165) is 12.0 Å². The van der Waals surface area contributed by atoms with E-state index in [-0.39, 0.29) is 18.2 Å². The molecule has 2 N–H and O–H groups in total. The molecule has 18 heavy (non-hydrogen) atoms. The van der Waals surface area contributed by atoms with Crippen LogP contribution in [0.15, 0.2) is 36.9 Å². The second kappa shape index (κ2) is 5.81. The molecule has 0 radical (unpaired) electrons. The number of aromatic hydroxyl groups is 1. The number of amides is 1. The summed E-state index contributed by atoms with van der Waals surface area (Å²) in [7, 11) is 0. The first-order valence-electron chi connectivity index (χ1n) is 5.61. The van der Waals surface area contributed by atoms with Gasteiger partial charge in [-0.15, -0.1) is 0 Å². The maximum Gasteiger partial charge on any atom is 0.241 e. The van der Waals surface area contributed by atoms with Crippen molar-refractivity contribution in [1.29, 1.82) is 0 Å². The molecule has 0 fully saturated rings. The third kappa shape index (κ3) is 3.58. The van der Waals surface area contributed by atoms with Crippen molar-refractivity contribution in [2.24, 2.45) is 0 Å². The Morgan fingerprint density at radius 3 is 2.78 bits per heavy atom. The first-order valence-corrected chi connectivity index (χ1v) is 5.61. The molecule has 0 unspecified atom stereocenters. The maximum absolute atomic E-state index is 11.5. The molecule has 2 rings (SSSR count). The molecular weight excluding hydrogens is 232 g/mol. The first kappa shape index (κ1) is 12.1. The molecule has 1 amide bonds. The van der Waals surface area contributed by atoms with Gasteiger partial charge in [-0.25, -0.2) is 9.67 Å². The zero-order valence-electron chi connectivity index (χ0n) is 9.78. The summed E-state index contributed by atoms with van der Waals surface area (Å²) < 4.78 is 1.47. The van der Waals surface area contributed by atoms with Gasteiger partial charge in [-0.05, 0) is 24.1 Å². The predicted octanol–water partition coefficient (Wildman–Crippen LogP) is 0.343. The summed E-state index contributed by atoms with van der Waals surface area (Å²) in [5.41, 5.74) is 1.06. The molecule has 0 atom stereocenters. The molecule has 1 aromatic heterocycles. The van der Waals surface area contributed by atoms with E-state index >= 15 is 0 Å². The number of benzene rings is 1. The number of phenolic OH excluding ortho intramolecular Hbond substituents is 1. The third-order valence-corrected chi connectivity index (χ3v) is 2.44. The number of rotatable bonds is 5. The Labute approximate surface area is 104 Å². The Hall–Kier alpha value is -2.37. The summed E-state index contributed by atoms with van der Waals surface area (Å²) >= 11 is 0. The van der Waals surface area contributed by atoms with Gasteiger partial charge in [0, 0.05) is 6.54 Å². The van der Waals surface area contributed by atoms with Crippen LogP contribution < -0.4 is 5.32 Å². The molecule has 6 heteroatoms. The van der Waals surface area contributed by atoms with E-state index in [4.69, 9.17) is 5.11 Å². The van der Waals surface area contributed by atoms with E-state index in [1.54, 1.807) is 12.1 Å². The lowest BCUT2D eigenvalue weighted by Gasteiger charge is -2.05. The lowest BCUT2D eigenvalue weighted by molar-refractivity contribution is -0.121. The van der Waals surface area contributed by atoms with Crippen LogP contribution in [0.25, 0.3) is 0 Å². The lowest BCUT2D eigenvalue weighted by Crippen LogP contribution is -2.29. The monoisotopic (exact) mass is 246 g/mol. The van der Waals surface area contributed by atoms with Crippen LogP contribution >= 0.6 is 0 Å². The zero-order chi connectivity index (χ0) is 12.8. The minimum atomic E-state index is -0.0979. The van der Waals surface area contributed by atoms with Gasteiger partial charge in [-0.2, -0.15) is 5.10 Å². The second-order valence-corrected chi connectivity index (χ2v) is 3.86. The Kier molecular flexibility index (Phi) is 3.90. The van der Waals surface area contributed by atoms with Crippen molar-refractivity contribution in [2.45, 2.75) is 13.0 Å². The third-order valence-electron chi connectivity index (χ3n) is 2.44. The van der Waals surface area contributed by atoms with Crippen molar-refractivity contribution in [2.75, 3.05) is 6.54 Å². The zero-order valence-corrected chi connectivity index (χ0v) is 9.78. The summed E-state index contributed by atoms with van der Waals surface area (Å²) in [6, 6.07) is 6.93. The molecule has 6 nitrogen and oxygen atoms in total. The van der Waals surface area contributed by atoms with Gasteiger partial charge in [-0.1, -0.05) is 12.1 Å². The van der Waals surface area contributed by atoms with Crippen LogP contribution in [-0.4, -0.2) is 32.3 Å². The summed E-state index contributed by atoms with van der Waals surface area (Å²) in [5.74, 6) is 0.147. The number of nitrogens with zero attached hydrogens (tertiary/aromatic N) is 3. The molecule has 94 valence electrons. The quantitative estimate of drug-likeness (QED) is 0.797. The van der Waals surface area contributed by atoms with E-state index < -0.39 is 0 Å². The van der Waals surface area contributed by atoms with E-state index in [0.29, 0.717) is 6.54 Å². The average Bonchev–Trinajstić information content (AvgIpc) is 2.84. The smallest absolute Gasteiger partial charge is 0.241 e. The summed E-state index contributed by atoms with van der Waals surface area (Å²) in [6.07, 6.45) is 3.62. The van der Waals surface area contributed by atoms with Gasteiger partial charge in [0.2, 0.25) is 5.91 Å². The summed E-state index contributed by atoms with van der Waals surface area (Å²) in [6.45, 7) is 0.730. The lowest BCUT2D eigenvalue weighted by atomic mass is 10.1. The van der Waals surface area contributed by atoms with Crippen molar-refractivity contribution in [3.63, 3.8) is 0 Å². The van der Waals surface area contributed by atoms with Crippen LogP contribution in [-0.2, 0) is 17.8 Å². The fourth-order valence-corrected chi connectivity index (χ4v) is 1.53. The minimum absolute atomic E-state index is 0.0979. The van der Waals surface area contributed by atoms with E-state index in [1.807, 2.05) is 12.1 Å². The van der Waals surface area contributed by atoms with Crippen molar-refractivity contribution < 1.29 is 9.90 Å². The van der Waals surface area contributed by atoms with E-state index in [1.165, 1.54) is 17.3 Å². The Balaban J connectivity index is 1.72. The topological polar surface area (TPSA) is 80.0 Å². The minimum Gasteiger partial charge on any atom is -0.508 e. The Morgan fingerprint density at radius 1 is 1.33 bits per heavy atom. The molecule has 2 aromatic rings. The van der Waals surface area contributed by atoms with Gasteiger partial charge < -0.3 is 10.4 Å². The van der Waals surface area contributed by atoms with Crippen LogP contribution in [0.3, 0.4) is 0 Å². The second-order valence-electron chi connectivity index (χ2n) is 3.86. The maximum atomic E-state index is 11.5. The van der Waals surface area contributed by atoms with E-state index in [9.17, 15) is 4.79 Å². The van der Waals surface area contributed by atoms with Crippen LogP contribution in [0.4, 0.5) is 0 Å². The molecule has 0 aliphatic carbocycles. The number of aromatic nitrogens is 3. The fourth-order valence-electron chi connectivity index (χ4n) is 1.53. The van der Waals surface area contributed by atoms with Crippen LogP contribution in [0.2, 0.25) is 0 Å². The number of carbonyl (C=O) groups is 1. The molecule has 0 spiro atoms. The molecule has 0 aliphatic heterocycles. The fraction of sp³-hybridized carbons (Fsp3) is 0.250. The highest BCUT2D eigenvalue weighted by molar-refractivity contribution is 5.75. The summed E-state index contributed by atoms with van der Waals surface area (Å²) in [4.78, 5) is 15.3. The van der Waals surface area contributed by atoms with Gasteiger partial charge in [0.05, 0.1) is 0 Å².